The zero-order chi connectivity index (χ0) is 23.7. The summed E-state index contributed by atoms with van der Waals surface area (Å²) in [5.41, 5.74) is 3.93. The second-order valence-electron chi connectivity index (χ2n) is 8.06. The van der Waals surface area contributed by atoms with E-state index in [9.17, 15) is 4.79 Å². The van der Waals surface area contributed by atoms with Gasteiger partial charge in [0.15, 0.2) is 10.9 Å². The third-order valence-electron chi connectivity index (χ3n) is 5.81. The Balaban J connectivity index is 1.43. The summed E-state index contributed by atoms with van der Waals surface area (Å²) in [6.07, 6.45) is 2.43. The summed E-state index contributed by atoms with van der Waals surface area (Å²) in [5.74, 6) is 1.36. The van der Waals surface area contributed by atoms with Crippen molar-refractivity contribution in [1.82, 2.24) is 10.6 Å². The van der Waals surface area contributed by atoms with Crippen molar-refractivity contribution in [2.24, 2.45) is 4.99 Å². The highest BCUT2D eigenvalue weighted by molar-refractivity contribution is 7.80. The average molecular weight is 495 g/mol. The summed E-state index contributed by atoms with van der Waals surface area (Å²) in [7, 11) is 1.72. The van der Waals surface area contributed by atoms with E-state index in [2.05, 4.69) is 10.6 Å². The zero-order valence-electron chi connectivity index (χ0n) is 18.5. The highest BCUT2D eigenvalue weighted by atomic mass is 35.5. The molecule has 5 rings (SSSR count). The largest absolute Gasteiger partial charge is 0.491 e. The van der Waals surface area contributed by atoms with E-state index >= 15 is 0 Å². The van der Waals surface area contributed by atoms with Crippen LogP contribution in [0.4, 0.5) is 5.69 Å². The van der Waals surface area contributed by atoms with E-state index in [1.807, 2.05) is 48.5 Å². The molecule has 2 aromatic carbocycles. The lowest BCUT2D eigenvalue weighted by molar-refractivity contribution is -0.119. The number of hydrogen-bond acceptors (Lipinski definition) is 5. The number of allylic oxidation sites excluding steroid dienone is 3. The average Bonchev–Trinajstić information content (AvgIpc) is 2.95. The number of aliphatic imine (C=N–C) groups is 1. The van der Waals surface area contributed by atoms with Crippen LogP contribution in [0.2, 0.25) is 5.02 Å². The third-order valence-corrected chi connectivity index (χ3v) is 6.26. The number of thiocarbonyl (C=S) groups is 1. The first kappa shape index (κ1) is 22.4. The van der Waals surface area contributed by atoms with Crippen molar-refractivity contribution in [2.75, 3.05) is 25.2 Å². The van der Waals surface area contributed by atoms with Gasteiger partial charge in [-0.15, -0.1) is 0 Å². The summed E-state index contributed by atoms with van der Waals surface area (Å²) in [4.78, 5) is 19.8. The van der Waals surface area contributed by atoms with Crippen LogP contribution in [0.15, 0.2) is 76.8 Å². The van der Waals surface area contributed by atoms with Gasteiger partial charge in [0.2, 0.25) is 6.17 Å². The highest BCUT2D eigenvalue weighted by Gasteiger charge is 2.31. The number of anilines is 1. The van der Waals surface area contributed by atoms with Crippen LogP contribution in [0.1, 0.15) is 24.0 Å². The predicted molar refractivity (Wildman–Crippen MR) is 136 cm³/mol. The number of nitrogens with one attached hydrogen (secondary N) is 2. The van der Waals surface area contributed by atoms with E-state index in [-0.39, 0.29) is 5.91 Å². The van der Waals surface area contributed by atoms with Gasteiger partial charge in [-0.25, -0.2) is 4.99 Å². The molecule has 34 heavy (non-hydrogen) atoms. The van der Waals surface area contributed by atoms with Crippen molar-refractivity contribution in [3.63, 3.8) is 0 Å². The monoisotopic (exact) mass is 494 g/mol. The van der Waals surface area contributed by atoms with Crippen molar-refractivity contribution in [2.45, 2.75) is 19.0 Å². The molecule has 2 heterocycles. The van der Waals surface area contributed by atoms with Gasteiger partial charge in [0.1, 0.15) is 19.0 Å². The van der Waals surface area contributed by atoms with Gasteiger partial charge in [-0.05, 0) is 36.8 Å². The molecule has 9 heteroatoms. The van der Waals surface area contributed by atoms with Crippen LogP contribution in [0.5, 0.6) is 0 Å². The van der Waals surface area contributed by atoms with Gasteiger partial charge in [0.25, 0.3) is 5.91 Å². The number of likely N-dealkylation sites (N-methyl/N-ethyl adjacent to an activating group) is 1. The van der Waals surface area contributed by atoms with Crippen LogP contribution in [-0.4, -0.2) is 43.2 Å². The molecule has 3 aliphatic rings. The molecular formula is C25H23ClN4O3S. The number of ether oxygens (including phenoxy) is 2. The van der Waals surface area contributed by atoms with Crippen LogP contribution < -0.4 is 15.5 Å². The van der Waals surface area contributed by atoms with Crippen LogP contribution in [-0.2, 0) is 14.3 Å². The Kier molecular flexibility index (Phi) is 6.26. The zero-order valence-corrected chi connectivity index (χ0v) is 20.1. The van der Waals surface area contributed by atoms with E-state index in [4.69, 9.17) is 38.3 Å². The van der Waals surface area contributed by atoms with Gasteiger partial charge >= 0.3 is 0 Å². The van der Waals surface area contributed by atoms with Crippen LogP contribution >= 0.6 is 23.8 Å². The summed E-state index contributed by atoms with van der Waals surface area (Å²) in [6, 6.07) is 15.1. The molecule has 2 N–H and O–H groups in total. The molecule has 1 unspecified atom stereocenters. The Labute approximate surface area is 208 Å². The maximum Gasteiger partial charge on any atom is 0.272 e. The van der Waals surface area contributed by atoms with Gasteiger partial charge in [-0.2, -0.15) is 0 Å². The molecule has 0 aromatic heterocycles. The molecule has 2 aromatic rings. The van der Waals surface area contributed by atoms with Gasteiger partial charge in [0, 0.05) is 41.4 Å². The fourth-order valence-electron chi connectivity index (χ4n) is 4.14. The Morgan fingerprint density at radius 2 is 1.94 bits per heavy atom. The van der Waals surface area contributed by atoms with Crippen LogP contribution in [0.3, 0.4) is 0 Å². The van der Waals surface area contributed by atoms with Crippen molar-refractivity contribution in [3.8, 4) is 0 Å². The molecule has 174 valence electrons. The van der Waals surface area contributed by atoms with Crippen molar-refractivity contribution >= 4 is 46.2 Å². The lowest BCUT2D eigenvalue weighted by atomic mass is 10.0. The molecule has 0 saturated heterocycles. The van der Waals surface area contributed by atoms with Crippen LogP contribution in [0, 0.1) is 0 Å². The summed E-state index contributed by atoms with van der Waals surface area (Å²) < 4.78 is 11.3. The lowest BCUT2D eigenvalue weighted by Gasteiger charge is -2.26. The Morgan fingerprint density at radius 3 is 2.76 bits per heavy atom. The molecule has 0 bridgehead atoms. The SMILES string of the molecule is CN1C(=O)C(NC(=S)NC2=CC3=C(CC2)OCCO3)N=C(c2ccccc2)c2cc(Cl)ccc21. The molecule has 1 amide bonds. The van der Waals surface area contributed by atoms with E-state index in [0.717, 1.165) is 46.9 Å². The van der Waals surface area contributed by atoms with Gasteiger partial charge in [-0.3, -0.25) is 4.79 Å². The van der Waals surface area contributed by atoms with E-state index in [0.29, 0.717) is 29.1 Å². The maximum absolute atomic E-state index is 13.4. The quantitative estimate of drug-likeness (QED) is 0.631. The number of amides is 1. The minimum atomic E-state index is -0.917. The van der Waals surface area contributed by atoms with Gasteiger partial charge in [0.05, 0.1) is 11.4 Å². The number of benzene rings is 2. The van der Waals surface area contributed by atoms with Crippen LogP contribution in [0.25, 0.3) is 0 Å². The number of rotatable bonds is 3. The number of hydrogen-bond donors (Lipinski definition) is 2. The molecule has 7 nitrogen and oxygen atoms in total. The lowest BCUT2D eigenvalue weighted by Crippen LogP contribution is -2.49. The minimum Gasteiger partial charge on any atom is -0.491 e. The fourth-order valence-corrected chi connectivity index (χ4v) is 4.55. The molecule has 0 fully saturated rings. The van der Waals surface area contributed by atoms with E-state index in [1.54, 1.807) is 18.0 Å². The third kappa shape index (κ3) is 4.51. The second kappa shape index (κ2) is 9.48. The first-order chi connectivity index (χ1) is 16.5. The molecule has 0 saturated carbocycles. The Morgan fingerprint density at radius 1 is 1.15 bits per heavy atom. The van der Waals surface area contributed by atoms with Gasteiger partial charge in [-0.1, -0.05) is 41.9 Å². The number of carbonyl (C=O) groups excluding carboxylic acids is 1. The molecule has 0 radical (unpaired) electrons. The Bertz CT molecular complexity index is 1240. The second-order valence-corrected chi connectivity index (χ2v) is 8.90. The summed E-state index contributed by atoms with van der Waals surface area (Å²) in [6.45, 7) is 1.10. The van der Waals surface area contributed by atoms with Crippen molar-refractivity contribution in [1.29, 1.82) is 0 Å². The molecule has 1 aliphatic carbocycles. The molecular weight excluding hydrogens is 472 g/mol. The predicted octanol–water partition coefficient (Wildman–Crippen LogP) is 3.88. The maximum atomic E-state index is 13.4. The van der Waals surface area contributed by atoms with E-state index < -0.39 is 6.17 Å². The standard InChI is InChI=1S/C25H23ClN4O3S/c1-30-19-9-7-16(26)13-18(19)22(15-5-3-2-4-6-15)28-23(24(30)31)29-25(34)27-17-8-10-20-21(14-17)33-12-11-32-20/h2-7,9,13-14,23H,8,10-12H2,1H3,(H2,27,29,34). The van der Waals surface area contributed by atoms with Crippen molar-refractivity contribution in [3.05, 3.63) is 88.0 Å². The number of nitrogens with zero attached hydrogens (tertiary/aromatic N) is 2. The smallest absolute Gasteiger partial charge is 0.272 e. The topological polar surface area (TPSA) is 75.2 Å². The van der Waals surface area contributed by atoms with E-state index in [1.165, 1.54) is 0 Å². The number of carbonyl (C=O) groups is 1. The molecule has 0 spiro atoms. The molecule has 1 atom stereocenters. The van der Waals surface area contributed by atoms with Crippen molar-refractivity contribution < 1.29 is 14.3 Å². The normalized spacial score (nSPS) is 19.5. The first-order valence-corrected chi connectivity index (χ1v) is 11.8. The highest BCUT2D eigenvalue weighted by Crippen LogP contribution is 2.30. The summed E-state index contributed by atoms with van der Waals surface area (Å²) in [5, 5.41) is 7.15. The number of halogens is 1. The molecule has 2 aliphatic heterocycles. The number of benzodiazepines with no additional fused rings is 1. The number of fused-ring (bicyclic) bond motifs is 1. The Hall–Kier alpha value is -3.36. The fraction of sp³-hybridized carbons (Fsp3) is 0.240. The van der Waals surface area contributed by atoms with Gasteiger partial charge < -0.3 is 25.0 Å². The first-order valence-electron chi connectivity index (χ1n) is 11.0. The summed E-state index contributed by atoms with van der Waals surface area (Å²) >= 11 is 11.9. The minimum absolute atomic E-state index is 0.231.